The Kier molecular flexibility index (Phi) is 9.71. The van der Waals surface area contributed by atoms with Gasteiger partial charge in [-0.05, 0) is 12.1 Å². The maximum Gasteiger partial charge on any atom is 0.161 e. The molecule has 2 atom stereocenters. The lowest BCUT2D eigenvalue weighted by Crippen LogP contribution is -2.35. The van der Waals surface area contributed by atoms with Gasteiger partial charge in [0.15, 0.2) is 11.5 Å². The maximum atomic E-state index is 9.91. The summed E-state index contributed by atoms with van der Waals surface area (Å²) in [6, 6.07) is 7.90. The number of ether oxygens (including phenoxy) is 2. The molecule has 0 spiro atoms. The van der Waals surface area contributed by atoms with Crippen LogP contribution < -0.4 is 20.1 Å². The number of hydrogen-bond donors (Lipinski definition) is 4. The normalized spacial score (nSPS) is 14.0. The molecule has 0 aromatic heterocycles. The standard InChI is InChI=1S/C18H32N2O4/c1-13(2)19-9-15(21)11-23-17-7-5-6-8-18(17)24-12-16(22)10-20-14(3)4/h5-8,13-16,19-22H,9-12H2,1-4H3/t15-,16+. The van der Waals surface area contributed by atoms with Crippen LogP contribution in [0.25, 0.3) is 0 Å². The Morgan fingerprint density at radius 3 is 1.50 bits per heavy atom. The predicted molar refractivity (Wildman–Crippen MR) is 95.7 cm³/mol. The Labute approximate surface area is 145 Å². The number of aliphatic hydroxyl groups excluding tert-OH is 2. The number of hydrogen-bond acceptors (Lipinski definition) is 6. The third-order valence-electron chi connectivity index (χ3n) is 3.24. The summed E-state index contributed by atoms with van der Waals surface area (Å²) in [5.41, 5.74) is 0. The van der Waals surface area contributed by atoms with Crippen molar-refractivity contribution in [2.45, 2.75) is 52.0 Å². The SMILES string of the molecule is CC(C)NC[C@@H](O)COc1ccccc1OC[C@@H](O)CNC(C)C. The highest BCUT2D eigenvalue weighted by Gasteiger charge is 2.11. The van der Waals surface area contributed by atoms with Crippen molar-refractivity contribution in [2.24, 2.45) is 0 Å². The molecule has 0 aliphatic carbocycles. The first-order chi connectivity index (χ1) is 11.4. The summed E-state index contributed by atoms with van der Waals surface area (Å²) in [5.74, 6) is 1.12. The average molecular weight is 340 g/mol. The van der Waals surface area contributed by atoms with Gasteiger partial charge in [-0.2, -0.15) is 0 Å². The van der Waals surface area contributed by atoms with E-state index in [-0.39, 0.29) is 13.2 Å². The molecule has 0 amide bonds. The Bertz CT molecular complexity index is 413. The van der Waals surface area contributed by atoms with E-state index >= 15 is 0 Å². The molecule has 1 aromatic carbocycles. The first-order valence-electron chi connectivity index (χ1n) is 8.56. The van der Waals surface area contributed by atoms with Crippen molar-refractivity contribution in [3.63, 3.8) is 0 Å². The minimum Gasteiger partial charge on any atom is -0.487 e. The molecule has 0 saturated carbocycles. The van der Waals surface area contributed by atoms with E-state index in [2.05, 4.69) is 10.6 Å². The molecule has 6 nitrogen and oxygen atoms in total. The van der Waals surface area contributed by atoms with Crippen LogP contribution in [0.2, 0.25) is 0 Å². The molecule has 1 aromatic rings. The molecule has 24 heavy (non-hydrogen) atoms. The van der Waals surface area contributed by atoms with Crippen LogP contribution in [0.1, 0.15) is 27.7 Å². The highest BCUT2D eigenvalue weighted by molar-refractivity contribution is 5.39. The maximum absolute atomic E-state index is 9.91. The zero-order chi connectivity index (χ0) is 17.9. The number of nitrogens with one attached hydrogen (secondary N) is 2. The molecule has 0 radical (unpaired) electrons. The molecule has 0 bridgehead atoms. The highest BCUT2D eigenvalue weighted by atomic mass is 16.5. The molecule has 0 aliphatic rings. The summed E-state index contributed by atoms with van der Waals surface area (Å²) in [6.07, 6.45) is -1.19. The van der Waals surface area contributed by atoms with Gasteiger partial charge in [0.25, 0.3) is 0 Å². The molecule has 1 rings (SSSR count). The molecule has 0 saturated heterocycles. The molecular formula is C18H32N2O4. The molecule has 0 fully saturated rings. The topological polar surface area (TPSA) is 83.0 Å². The molecular weight excluding hydrogens is 308 g/mol. The van der Waals surface area contributed by atoms with E-state index < -0.39 is 12.2 Å². The largest absolute Gasteiger partial charge is 0.487 e. The van der Waals surface area contributed by atoms with E-state index in [1.165, 1.54) is 0 Å². The minimum atomic E-state index is -0.596. The van der Waals surface area contributed by atoms with Crippen LogP contribution in [-0.2, 0) is 0 Å². The van der Waals surface area contributed by atoms with Crippen LogP contribution in [0, 0.1) is 0 Å². The van der Waals surface area contributed by atoms with E-state index in [0.29, 0.717) is 36.7 Å². The molecule has 6 heteroatoms. The zero-order valence-corrected chi connectivity index (χ0v) is 15.2. The number of para-hydroxylation sites is 2. The Hall–Kier alpha value is -1.34. The lowest BCUT2D eigenvalue weighted by Gasteiger charge is -2.18. The van der Waals surface area contributed by atoms with Crippen LogP contribution in [0.5, 0.6) is 11.5 Å². The molecule has 0 aliphatic heterocycles. The van der Waals surface area contributed by atoms with Gasteiger partial charge < -0.3 is 30.3 Å². The van der Waals surface area contributed by atoms with Gasteiger partial charge in [-0.3, -0.25) is 0 Å². The summed E-state index contributed by atoms with van der Waals surface area (Å²) in [5, 5.41) is 26.1. The quantitative estimate of drug-likeness (QED) is 0.457. The van der Waals surface area contributed by atoms with Crippen molar-refractivity contribution in [1.29, 1.82) is 0 Å². The van der Waals surface area contributed by atoms with Crippen LogP contribution in [-0.4, -0.2) is 60.8 Å². The van der Waals surface area contributed by atoms with E-state index in [1.54, 1.807) is 12.1 Å². The van der Waals surface area contributed by atoms with E-state index in [0.717, 1.165) is 0 Å². The number of rotatable bonds is 12. The molecule has 0 unspecified atom stereocenters. The van der Waals surface area contributed by atoms with E-state index in [9.17, 15) is 10.2 Å². The van der Waals surface area contributed by atoms with Gasteiger partial charge in [0.1, 0.15) is 25.4 Å². The monoisotopic (exact) mass is 340 g/mol. The molecule has 4 N–H and O–H groups in total. The van der Waals surface area contributed by atoms with Gasteiger partial charge in [-0.25, -0.2) is 0 Å². The summed E-state index contributed by atoms with van der Waals surface area (Å²) < 4.78 is 11.3. The fraction of sp³-hybridized carbons (Fsp3) is 0.667. The number of aliphatic hydroxyl groups is 2. The minimum absolute atomic E-state index is 0.178. The van der Waals surface area contributed by atoms with Gasteiger partial charge >= 0.3 is 0 Å². The second-order valence-corrected chi connectivity index (χ2v) is 6.50. The fourth-order valence-electron chi connectivity index (χ4n) is 1.92. The number of benzene rings is 1. The van der Waals surface area contributed by atoms with Crippen LogP contribution in [0.15, 0.2) is 24.3 Å². The zero-order valence-electron chi connectivity index (χ0n) is 15.2. The van der Waals surface area contributed by atoms with Crippen molar-refractivity contribution in [3.8, 4) is 11.5 Å². The van der Waals surface area contributed by atoms with Crippen LogP contribution >= 0.6 is 0 Å². The first kappa shape index (κ1) is 20.7. The van der Waals surface area contributed by atoms with E-state index in [1.807, 2.05) is 39.8 Å². The van der Waals surface area contributed by atoms with Gasteiger partial charge in [-0.15, -0.1) is 0 Å². The molecule has 138 valence electrons. The van der Waals surface area contributed by atoms with Gasteiger partial charge in [0.05, 0.1) is 0 Å². The van der Waals surface area contributed by atoms with Crippen LogP contribution in [0.4, 0.5) is 0 Å². The summed E-state index contributed by atoms with van der Waals surface area (Å²) in [4.78, 5) is 0. The van der Waals surface area contributed by atoms with Gasteiger partial charge in [-0.1, -0.05) is 39.8 Å². The van der Waals surface area contributed by atoms with E-state index in [4.69, 9.17) is 9.47 Å². The van der Waals surface area contributed by atoms with Crippen molar-refractivity contribution in [2.75, 3.05) is 26.3 Å². The first-order valence-corrected chi connectivity index (χ1v) is 8.56. The van der Waals surface area contributed by atoms with Crippen LogP contribution in [0.3, 0.4) is 0 Å². The van der Waals surface area contributed by atoms with Gasteiger partial charge in [0.2, 0.25) is 0 Å². The van der Waals surface area contributed by atoms with Crippen molar-refractivity contribution >= 4 is 0 Å². The van der Waals surface area contributed by atoms with Gasteiger partial charge in [0, 0.05) is 25.2 Å². The average Bonchev–Trinajstić information content (AvgIpc) is 2.55. The fourth-order valence-corrected chi connectivity index (χ4v) is 1.92. The summed E-state index contributed by atoms with van der Waals surface area (Å²) in [7, 11) is 0. The Balaban J connectivity index is 2.43. The highest BCUT2D eigenvalue weighted by Crippen LogP contribution is 2.26. The second-order valence-electron chi connectivity index (χ2n) is 6.50. The third-order valence-corrected chi connectivity index (χ3v) is 3.24. The Morgan fingerprint density at radius 2 is 1.17 bits per heavy atom. The Morgan fingerprint density at radius 1 is 0.792 bits per heavy atom. The lowest BCUT2D eigenvalue weighted by atomic mass is 10.3. The summed E-state index contributed by atoms with van der Waals surface area (Å²) in [6.45, 7) is 9.40. The predicted octanol–water partition coefficient (Wildman–Crippen LogP) is 1.16. The lowest BCUT2D eigenvalue weighted by molar-refractivity contribution is 0.0909. The second kappa shape index (κ2) is 11.3. The van der Waals surface area contributed by atoms with Crippen molar-refractivity contribution < 1.29 is 19.7 Å². The summed E-state index contributed by atoms with van der Waals surface area (Å²) >= 11 is 0. The van der Waals surface area contributed by atoms with Crippen molar-refractivity contribution in [1.82, 2.24) is 10.6 Å². The van der Waals surface area contributed by atoms with Crippen molar-refractivity contribution in [3.05, 3.63) is 24.3 Å². The smallest absolute Gasteiger partial charge is 0.161 e. The third kappa shape index (κ3) is 9.08. The molecule has 0 heterocycles.